The maximum Gasteiger partial charge on any atom is 0.328 e. The van der Waals surface area contributed by atoms with Gasteiger partial charge in [-0.25, -0.2) is 0 Å². The largest absolute Gasteiger partial charge is 0.465 e. The average Bonchev–Trinajstić information content (AvgIpc) is 2.60. The molecule has 0 saturated heterocycles. The van der Waals surface area contributed by atoms with Gasteiger partial charge < -0.3 is 9.47 Å². The van der Waals surface area contributed by atoms with Crippen molar-refractivity contribution in [3.05, 3.63) is 35.9 Å². The maximum absolute atomic E-state index is 13.0. The zero-order valence-electron chi connectivity index (χ0n) is 16.0. The topological polar surface area (TPSA) is 52.6 Å². The van der Waals surface area contributed by atoms with Crippen LogP contribution in [0.1, 0.15) is 65.4 Å². The van der Waals surface area contributed by atoms with E-state index in [1.807, 2.05) is 58.0 Å². The van der Waals surface area contributed by atoms with E-state index >= 15 is 0 Å². The second kappa shape index (κ2) is 10.9. The first kappa shape index (κ1) is 21.2. The van der Waals surface area contributed by atoms with Crippen molar-refractivity contribution in [1.82, 2.24) is 0 Å². The second-order valence-electron chi connectivity index (χ2n) is 6.85. The summed E-state index contributed by atoms with van der Waals surface area (Å²) in [6.45, 7) is 8.71. The van der Waals surface area contributed by atoms with Crippen molar-refractivity contribution >= 4 is 11.9 Å². The Labute approximate surface area is 151 Å². The number of carbonyl (C=O) groups is 2. The molecule has 0 spiro atoms. The van der Waals surface area contributed by atoms with Gasteiger partial charge in [-0.15, -0.1) is 0 Å². The molecular formula is C21H32O4. The molecule has 0 heterocycles. The molecule has 0 N–H and O–H groups in total. The molecule has 4 heteroatoms. The number of unbranched alkanes of at least 4 members (excludes halogenated alkanes) is 2. The van der Waals surface area contributed by atoms with Crippen molar-refractivity contribution in [2.45, 2.75) is 65.2 Å². The van der Waals surface area contributed by atoms with Gasteiger partial charge in [0.2, 0.25) is 0 Å². The third kappa shape index (κ3) is 5.87. The van der Waals surface area contributed by atoms with Crippen LogP contribution in [0.2, 0.25) is 0 Å². The van der Waals surface area contributed by atoms with Crippen molar-refractivity contribution in [3.63, 3.8) is 0 Å². The van der Waals surface area contributed by atoms with Gasteiger partial charge in [-0.1, -0.05) is 70.9 Å². The van der Waals surface area contributed by atoms with Crippen molar-refractivity contribution in [2.75, 3.05) is 13.2 Å². The van der Waals surface area contributed by atoms with Crippen molar-refractivity contribution in [3.8, 4) is 0 Å². The number of hydrogen-bond acceptors (Lipinski definition) is 4. The SMILES string of the molecule is CCCCOC(=O)C(CC(C)C)(C(=O)OCCCC)c1ccccc1. The third-order valence-corrected chi connectivity index (χ3v) is 4.14. The Kier molecular flexibility index (Phi) is 9.25. The van der Waals surface area contributed by atoms with Crippen LogP contribution >= 0.6 is 0 Å². The van der Waals surface area contributed by atoms with Gasteiger partial charge in [-0.2, -0.15) is 0 Å². The van der Waals surface area contributed by atoms with Crippen molar-refractivity contribution in [2.24, 2.45) is 5.92 Å². The first-order valence-electron chi connectivity index (χ1n) is 9.39. The highest BCUT2D eigenvalue weighted by atomic mass is 16.6. The number of hydrogen-bond donors (Lipinski definition) is 0. The summed E-state index contributed by atoms with van der Waals surface area (Å²) in [5, 5.41) is 0. The second-order valence-corrected chi connectivity index (χ2v) is 6.85. The molecule has 0 atom stereocenters. The van der Waals surface area contributed by atoms with E-state index in [0.717, 1.165) is 25.7 Å². The molecule has 0 aliphatic heterocycles. The van der Waals surface area contributed by atoms with Crippen LogP contribution in [0.3, 0.4) is 0 Å². The van der Waals surface area contributed by atoms with Crippen LogP contribution in [0.4, 0.5) is 0 Å². The first-order chi connectivity index (χ1) is 12.0. The van der Waals surface area contributed by atoms with Gasteiger partial charge in [0.1, 0.15) is 0 Å². The van der Waals surface area contributed by atoms with Gasteiger partial charge in [0.05, 0.1) is 13.2 Å². The monoisotopic (exact) mass is 348 g/mol. The summed E-state index contributed by atoms with van der Waals surface area (Å²) in [5.74, 6) is -0.859. The lowest BCUT2D eigenvalue weighted by Gasteiger charge is -2.31. The fourth-order valence-corrected chi connectivity index (χ4v) is 2.80. The predicted molar refractivity (Wildman–Crippen MR) is 99.3 cm³/mol. The normalized spacial score (nSPS) is 11.4. The van der Waals surface area contributed by atoms with E-state index in [9.17, 15) is 9.59 Å². The van der Waals surface area contributed by atoms with Gasteiger partial charge in [-0.3, -0.25) is 9.59 Å². The molecule has 0 aromatic heterocycles. The summed E-state index contributed by atoms with van der Waals surface area (Å²) in [4.78, 5) is 26.1. The lowest BCUT2D eigenvalue weighted by atomic mass is 9.74. The summed E-state index contributed by atoms with van der Waals surface area (Å²) in [6, 6.07) is 9.16. The van der Waals surface area contributed by atoms with Crippen LogP contribution in [-0.4, -0.2) is 25.2 Å². The molecular weight excluding hydrogens is 316 g/mol. The first-order valence-corrected chi connectivity index (χ1v) is 9.39. The van der Waals surface area contributed by atoms with Crippen molar-refractivity contribution in [1.29, 1.82) is 0 Å². The predicted octanol–water partition coefficient (Wildman–Crippen LogP) is 4.66. The number of ether oxygens (including phenoxy) is 2. The number of rotatable bonds is 11. The molecule has 1 aromatic carbocycles. The summed E-state index contributed by atoms with van der Waals surface area (Å²) in [7, 11) is 0. The third-order valence-electron chi connectivity index (χ3n) is 4.14. The molecule has 0 unspecified atom stereocenters. The number of benzene rings is 1. The van der Waals surface area contributed by atoms with E-state index in [1.165, 1.54) is 0 Å². The molecule has 0 amide bonds. The molecule has 0 aliphatic rings. The maximum atomic E-state index is 13.0. The van der Waals surface area contributed by atoms with E-state index in [1.54, 1.807) is 0 Å². The Morgan fingerprint density at radius 2 is 1.40 bits per heavy atom. The Morgan fingerprint density at radius 3 is 1.80 bits per heavy atom. The van der Waals surface area contributed by atoms with E-state index in [2.05, 4.69) is 0 Å². The minimum absolute atomic E-state index is 0.137. The standard InChI is InChI=1S/C21H32O4/c1-5-7-14-24-19(22)21(16-17(3)4,18-12-10-9-11-13-18)20(23)25-15-8-6-2/h9-13,17H,5-8,14-16H2,1-4H3. The molecule has 0 aliphatic carbocycles. The average molecular weight is 348 g/mol. The van der Waals surface area contributed by atoms with Crippen LogP contribution in [0, 0.1) is 5.92 Å². The van der Waals surface area contributed by atoms with E-state index in [4.69, 9.17) is 9.47 Å². The van der Waals surface area contributed by atoms with Gasteiger partial charge in [0.25, 0.3) is 0 Å². The van der Waals surface area contributed by atoms with Gasteiger partial charge in [0, 0.05) is 0 Å². The summed E-state index contributed by atoms with van der Waals surface area (Å²) >= 11 is 0. The fourth-order valence-electron chi connectivity index (χ4n) is 2.80. The molecule has 0 radical (unpaired) electrons. The fraction of sp³-hybridized carbons (Fsp3) is 0.619. The summed E-state index contributed by atoms with van der Waals surface area (Å²) in [5.41, 5.74) is -0.747. The van der Waals surface area contributed by atoms with Crippen molar-refractivity contribution < 1.29 is 19.1 Å². The Morgan fingerprint density at radius 1 is 0.920 bits per heavy atom. The van der Waals surface area contributed by atoms with Crippen LogP contribution in [0.15, 0.2) is 30.3 Å². The van der Waals surface area contributed by atoms with E-state index in [0.29, 0.717) is 25.2 Å². The highest BCUT2D eigenvalue weighted by Crippen LogP contribution is 2.35. The quantitative estimate of drug-likeness (QED) is 0.332. The highest BCUT2D eigenvalue weighted by molar-refractivity contribution is 6.06. The molecule has 0 saturated carbocycles. The van der Waals surface area contributed by atoms with E-state index < -0.39 is 17.4 Å². The van der Waals surface area contributed by atoms with Gasteiger partial charge >= 0.3 is 11.9 Å². The molecule has 0 bridgehead atoms. The zero-order valence-corrected chi connectivity index (χ0v) is 16.0. The van der Waals surface area contributed by atoms with Crippen LogP contribution in [0.5, 0.6) is 0 Å². The minimum atomic E-state index is -1.39. The molecule has 1 aromatic rings. The Hall–Kier alpha value is -1.84. The minimum Gasteiger partial charge on any atom is -0.465 e. The Balaban J connectivity index is 3.22. The van der Waals surface area contributed by atoms with Gasteiger partial charge in [-0.05, 0) is 30.7 Å². The van der Waals surface area contributed by atoms with E-state index in [-0.39, 0.29) is 5.92 Å². The van der Waals surface area contributed by atoms with Crippen LogP contribution in [-0.2, 0) is 24.5 Å². The zero-order chi connectivity index (χ0) is 18.7. The summed E-state index contributed by atoms with van der Waals surface area (Å²) in [6.07, 6.45) is 3.78. The van der Waals surface area contributed by atoms with Crippen LogP contribution < -0.4 is 0 Å². The number of esters is 2. The molecule has 25 heavy (non-hydrogen) atoms. The van der Waals surface area contributed by atoms with Gasteiger partial charge in [0.15, 0.2) is 5.41 Å². The molecule has 1 rings (SSSR count). The molecule has 0 fully saturated rings. The lowest BCUT2D eigenvalue weighted by Crippen LogP contribution is -2.47. The number of carbonyl (C=O) groups excluding carboxylic acids is 2. The van der Waals surface area contributed by atoms with Crippen LogP contribution in [0.25, 0.3) is 0 Å². The summed E-state index contributed by atoms with van der Waals surface area (Å²) < 4.78 is 11.0. The smallest absolute Gasteiger partial charge is 0.328 e. The Bertz CT molecular complexity index is 500. The molecule has 4 nitrogen and oxygen atoms in total. The lowest BCUT2D eigenvalue weighted by molar-refractivity contribution is -0.166. The highest BCUT2D eigenvalue weighted by Gasteiger charge is 2.50. The molecule has 140 valence electrons.